The van der Waals surface area contributed by atoms with Gasteiger partial charge in [0.1, 0.15) is 5.25 Å². The third-order valence-electron chi connectivity index (χ3n) is 2.26. The summed E-state index contributed by atoms with van der Waals surface area (Å²) in [5.74, 6) is 0. The molecule has 0 fully saturated rings. The van der Waals surface area contributed by atoms with Crippen LogP contribution in [0.4, 0.5) is 0 Å². The number of rotatable bonds is 3. The largest absolute Gasteiger partial charge is 0.367 e. The molecular formula is C11H11NO2S. The van der Waals surface area contributed by atoms with E-state index in [9.17, 15) is 8.42 Å². The van der Waals surface area contributed by atoms with Gasteiger partial charge in [-0.25, -0.2) is 8.42 Å². The summed E-state index contributed by atoms with van der Waals surface area (Å²) in [4.78, 5) is 2.87. The van der Waals surface area contributed by atoms with Crippen LogP contribution in [0.15, 0.2) is 48.8 Å². The van der Waals surface area contributed by atoms with Crippen molar-refractivity contribution in [2.75, 3.05) is 0 Å². The summed E-state index contributed by atoms with van der Waals surface area (Å²) >= 11 is 0. The zero-order valence-corrected chi connectivity index (χ0v) is 8.85. The lowest BCUT2D eigenvalue weighted by Crippen LogP contribution is -2.01. The molecule has 0 aliphatic carbocycles. The Morgan fingerprint density at radius 3 is 2.27 bits per heavy atom. The molecule has 0 saturated heterocycles. The van der Waals surface area contributed by atoms with Crippen LogP contribution in [0.25, 0.3) is 0 Å². The fourth-order valence-corrected chi connectivity index (χ4v) is 2.40. The fraction of sp³-hybridized carbons (Fsp3) is 0.0909. The lowest BCUT2D eigenvalue weighted by molar-refractivity contribution is 0.608. The van der Waals surface area contributed by atoms with E-state index in [-0.39, 0.29) is 0 Å². The first-order valence-corrected chi connectivity index (χ1v) is 5.85. The first-order valence-electron chi connectivity index (χ1n) is 4.60. The van der Waals surface area contributed by atoms with Gasteiger partial charge < -0.3 is 4.98 Å². The molecule has 0 spiro atoms. The monoisotopic (exact) mass is 221 g/mol. The van der Waals surface area contributed by atoms with E-state index in [1.165, 1.54) is 0 Å². The quantitative estimate of drug-likeness (QED) is 0.775. The smallest absolute Gasteiger partial charge is 0.151 e. The Bertz CT molecular complexity index is 481. The minimum absolute atomic E-state index is 0.549. The van der Waals surface area contributed by atoms with Crippen molar-refractivity contribution >= 4 is 10.7 Å². The van der Waals surface area contributed by atoms with E-state index in [0.29, 0.717) is 0 Å². The molecule has 1 heterocycles. The standard InChI is InChI=1S/C11H11NO2S/c13-15(14)11(10-6-7-12-8-10)9-4-2-1-3-5-9/h1-8,11-12,15H. The second-order valence-electron chi connectivity index (χ2n) is 3.24. The van der Waals surface area contributed by atoms with Gasteiger partial charge >= 0.3 is 0 Å². The van der Waals surface area contributed by atoms with Gasteiger partial charge in [0.05, 0.1) is 0 Å². The van der Waals surface area contributed by atoms with E-state index in [1.807, 2.05) is 30.3 Å². The molecule has 15 heavy (non-hydrogen) atoms. The van der Waals surface area contributed by atoms with Crippen LogP contribution in [0.2, 0.25) is 0 Å². The highest BCUT2D eigenvalue weighted by Crippen LogP contribution is 2.24. The topological polar surface area (TPSA) is 49.9 Å². The van der Waals surface area contributed by atoms with E-state index in [4.69, 9.17) is 0 Å². The van der Waals surface area contributed by atoms with Crippen LogP contribution >= 0.6 is 0 Å². The van der Waals surface area contributed by atoms with Crippen molar-refractivity contribution in [2.24, 2.45) is 0 Å². The lowest BCUT2D eigenvalue weighted by atomic mass is 10.1. The van der Waals surface area contributed by atoms with Crippen LogP contribution in [0.5, 0.6) is 0 Å². The number of hydrogen-bond donors (Lipinski definition) is 2. The summed E-state index contributed by atoms with van der Waals surface area (Å²) in [6, 6.07) is 11.0. The first-order chi connectivity index (χ1) is 7.29. The maximum Gasteiger partial charge on any atom is 0.151 e. The SMILES string of the molecule is O=[SH](=O)C(c1ccccc1)c1cc[nH]c1. The molecule has 0 amide bonds. The minimum Gasteiger partial charge on any atom is -0.367 e. The molecule has 3 nitrogen and oxygen atoms in total. The van der Waals surface area contributed by atoms with Crippen LogP contribution in [0, 0.1) is 0 Å². The summed E-state index contributed by atoms with van der Waals surface area (Å²) in [7, 11) is -2.51. The Labute approximate surface area is 89.7 Å². The number of aromatic amines is 1. The Kier molecular flexibility index (Phi) is 2.87. The molecule has 0 saturated carbocycles. The predicted molar refractivity (Wildman–Crippen MR) is 59.4 cm³/mol. The second-order valence-corrected chi connectivity index (χ2v) is 4.33. The summed E-state index contributed by atoms with van der Waals surface area (Å²) in [5, 5.41) is -0.549. The molecule has 1 aromatic heterocycles. The number of hydrogen-bond acceptors (Lipinski definition) is 2. The lowest BCUT2D eigenvalue weighted by Gasteiger charge is -2.08. The van der Waals surface area contributed by atoms with Gasteiger partial charge in [0.15, 0.2) is 10.7 Å². The van der Waals surface area contributed by atoms with Crippen LogP contribution in [0.3, 0.4) is 0 Å². The zero-order valence-electron chi connectivity index (χ0n) is 7.96. The predicted octanol–water partition coefficient (Wildman–Crippen LogP) is 1.72. The summed E-state index contributed by atoms with van der Waals surface area (Å²) in [6.07, 6.45) is 3.44. The number of nitrogens with one attached hydrogen (secondary N) is 1. The third kappa shape index (κ3) is 2.10. The van der Waals surface area contributed by atoms with Crippen LogP contribution in [-0.2, 0) is 10.7 Å². The highest BCUT2D eigenvalue weighted by Gasteiger charge is 2.16. The molecule has 0 aliphatic heterocycles. The Morgan fingerprint density at radius 2 is 1.73 bits per heavy atom. The van der Waals surface area contributed by atoms with Crippen molar-refractivity contribution < 1.29 is 8.42 Å². The Balaban J connectivity index is 2.46. The Hall–Kier alpha value is -1.55. The molecule has 1 N–H and O–H groups in total. The van der Waals surface area contributed by atoms with E-state index >= 15 is 0 Å². The number of aromatic nitrogens is 1. The van der Waals surface area contributed by atoms with E-state index in [2.05, 4.69) is 4.98 Å². The summed E-state index contributed by atoms with van der Waals surface area (Å²) in [5.41, 5.74) is 1.57. The minimum atomic E-state index is -2.51. The number of thiol groups is 1. The molecule has 2 aromatic rings. The maximum atomic E-state index is 11.2. The zero-order chi connectivity index (χ0) is 10.7. The number of H-pyrrole nitrogens is 1. The summed E-state index contributed by atoms with van der Waals surface area (Å²) in [6.45, 7) is 0. The maximum absolute atomic E-state index is 11.2. The molecule has 78 valence electrons. The highest BCUT2D eigenvalue weighted by atomic mass is 32.2. The van der Waals surface area contributed by atoms with Crippen molar-refractivity contribution in [3.63, 3.8) is 0 Å². The van der Waals surface area contributed by atoms with Crippen LogP contribution in [-0.4, -0.2) is 13.4 Å². The van der Waals surface area contributed by atoms with E-state index in [1.54, 1.807) is 18.5 Å². The number of benzene rings is 1. The van der Waals surface area contributed by atoms with Gasteiger partial charge in [-0.1, -0.05) is 30.3 Å². The van der Waals surface area contributed by atoms with Gasteiger partial charge in [0.25, 0.3) is 0 Å². The summed E-state index contributed by atoms with van der Waals surface area (Å²) < 4.78 is 22.4. The van der Waals surface area contributed by atoms with Crippen LogP contribution < -0.4 is 0 Å². The molecule has 2 rings (SSSR count). The van der Waals surface area contributed by atoms with Gasteiger partial charge in [-0.3, -0.25) is 0 Å². The highest BCUT2D eigenvalue weighted by molar-refractivity contribution is 7.73. The van der Waals surface area contributed by atoms with Gasteiger partial charge in [0.2, 0.25) is 0 Å². The molecule has 1 atom stereocenters. The van der Waals surface area contributed by atoms with Crippen molar-refractivity contribution in [3.8, 4) is 0 Å². The molecule has 4 heteroatoms. The van der Waals surface area contributed by atoms with Crippen molar-refractivity contribution in [2.45, 2.75) is 5.25 Å². The van der Waals surface area contributed by atoms with Crippen molar-refractivity contribution in [1.82, 2.24) is 4.98 Å². The van der Waals surface area contributed by atoms with E-state index < -0.39 is 16.0 Å². The molecule has 0 aliphatic rings. The van der Waals surface area contributed by atoms with Gasteiger partial charge in [-0.2, -0.15) is 0 Å². The van der Waals surface area contributed by atoms with Gasteiger partial charge in [-0.15, -0.1) is 0 Å². The molecule has 1 unspecified atom stereocenters. The average molecular weight is 221 g/mol. The molecular weight excluding hydrogens is 210 g/mol. The van der Waals surface area contributed by atoms with Gasteiger partial charge in [0, 0.05) is 12.4 Å². The third-order valence-corrected chi connectivity index (χ3v) is 3.28. The second kappa shape index (κ2) is 4.31. The van der Waals surface area contributed by atoms with Crippen molar-refractivity contribution in [1.29, 1.82) is 0 Å². The average Bonchev–Trinajstić information content (AvgIpc) is 2.72. The molecule has 0 bridgehead atoms. The van der Waals surface area contributed by atoms with E-state index in [0.717, 1.165) is 11.1 Å². The van der Waals surface area contributed by atoms with Crippen LogP contribution in [0.1, 0.15) is 16.4 Å². The Morgan fingerprint density at radius 1 is 1.00 bits per heavy atom. The first kappa shape index (κ1) is 9.98. The molecule has 0 radical (unpaired) electrons. The fourth-order valence-electron chi connectivity index (χ4n) is 1.58. The molecule has 1 aromatic carbocycles. The van der Waals surface area contributed by atoms with Crippen molar-refractivity contribution in [3.05, 3.63) is 59.9 Å². The normalized spacial score (nSPS) is 12.9. The van der Waals surface area contributed by atoms with Gasteiger partial charge in [-0.05, 0) is 17.2 Å².